The molecule has 1 aliphatic heterocycles. The molecule has 4 N–H and O–H groups in total. The van der Waals surface area contributed by atoms with Crippen LogP contribution in [0.2, 0.25) is 0 Å². The summed E-state index contributed by atoms with van der Waals surface area (Å²) in [4.78, 5) is 13.1. The first-order valence-corrected chi connectivity index (χ1v) is 11.8. The third-order valence-electron chi connectivity index (χ3n) is 6.20. The van der Waals surface area contributed by atoms with Crippen molar-refractivity contribution in [1.82, 2.24) is 9.78 Å². The zero-order valence-electron chi connectivity index (χ0n) is 17.1. The van der Waals surface area contributed by atoms with Crippen molar-refractivity contribution in [3.05, 3.63) is 34.0 Å². The lowest BCUT2D eigenvalue weighted by Crippen LogP contribution is -2.32. The van der Waals surface area contributed by atoms with Gasteiger partial charge in [-0.1, -0.05) is 6.07 Å². The minimum Gasteiger partial charge on any atom is -0.474 e. The van der Waals surface area contributed by atoms with Gasteiger partial charge in [-0.15, -0.1) is 0 Å². The van der Waals surface area contributed by atoms with E-state index in [4.69, 9.17) is 19.4 Å². The Labute approximate surface area is 179 Å². The van der Waals surface area contributed by atoms with E-state index >= 15 is 0 Å². The fourth-order valence-electron chi connectivity index (χ4n) is 4.80. The second-order valence-electron chi connectivity index (χ2n) is 8.27. The standard InChI is InChI=1S/C20H24FN5O4S/c1-29-13-8-26-20(30-9-13)18(31(22,23)28)17(25-26)19(27)24-16-14-4-2-3-10(14)5-11-6-12(21)7-15(11)16/h5,12-13H,2-4,6-9H2,1H3,(H,24,27)(H3,22,23,28)/t12-,13?/m0/s1. The number of carbonyl (C=O) groups excluding carboxylic acids is 1. The number of halogens is 1. The maximum Gasteiger partial charge on any atom is 0.277 e. The van der Waals surface area contributed by atoms with Gasteiger partial charge in [0.25, 0.3) is 5.91 Å². The zero-order chi connectivity index (χ0) is 21.9. The number of methoxy groups -OCH3 is 1. The van der Waals surface area contributed by atoms with E-state index in [1.807, 2.05) is 0 Å². The van der Waals surface area contributed by atoms with Gasteiger partial charge in [0.05, 0.1) is 6.54 Å². The van der Waals surface area contributed by atoms with E-state index in [-0.39, 0.29) is 42.1 Å². The molecule has 31 heavy (non-hydrogen) atoms. The molecule has 5 rings (SSSR count). The van der Waals surface area contributed by atoms with Crippen molar-refractivity contribution in [2.45, 2.75) is 55.8 Å². The summed E-state index contributed by atoms with van der Waals surface area (Å²) < 4.78 is 46.8. The normalized spacial score (nSPS) is 23.5. The SMILES string of the molecule is COC1COc2c(S(=N)(N)=O)c(C(=O)Nc3c4c(cc5c3C[C@@H](F)C5)CCC4)nn2C1. The van der Waals surface area contributed by atoms with Gasteiger partial charge < -0.3 is 14.8 Å². The number of hydrogen-bond acceptors (Lipinski definition) is 6. The molecule has 0 saturated carbocycles. The lowest BCUT2D eigenvalue weighted by Gasteiger charge is -2.23. The van der Waals surface area contributed by atoms with Gasteiger partial charge in [-0.3, -0.25) is 4.79 Å². The highest BCUT2D eigenvalue weighted by molar-refractivity contribution is 7.90. The number of aromatic nitrogens is 2. The molecule has 2 heterocycles. The molecule has 166 valence electrons. The van der Waals surface area contributed by atoms with Crippen LogP contribution in [0.15, 0.2) is 11.0 Å². The Bertz CT molecular complexity index is 1190. The van der Waals surface area contributed by atoms with Gasteiger partial charge >= 0.3 is 0 Å². The van der Waals surface area contributed by atoms with Gasteiger partial charge in [-0.2, -0.15) is 5.10 Å². The number of aryl methyl sites for hydroxylation is 1. The summed E-state index contributed by atoms with van der Waals surface area (Å²) in [6, 6.07) is 2.06. The summed E-state index contributed by atoms with van der Waals surface area (Å²) in [7, 11) is -2.26. The Morgan fingerprint density at radius 1 is 1.39 bits per heavy atom. The number of rotatable bonds is 4. The van der Waals surface area contributed by atoms with Gasteiger partial charge in [0.2, 0.25) is 5.88 Å². The van der Waals surface area contributed by atoms with Crippen molar-refractivity contribution < 1.29 is 22.9 Å². The number of alkyl halides is 1. The lowest BCUT2D eigenvalue weighted by molar-refractivity contribution is 0.0165. The molecule has 3 atom stereocenters. The molecule has 2 aromatic rings. The van der Waals surface area contributed by atoms with Crippen LogP contribution in [-0.2, 0) is 46.9 Å². The molecule has 0 bridgehead atoms. The predicted molar refractivity (Wildman–Crippen MR) is 111 cm³/mol. The Kier molecular flexibility index (Phi) is 4.79. The highest BCUT2D eigenvalue weighted by atomic mass is 32.2. The number of nitrogens with two attached hydrogens (primary N) is 1. The average Bonchev–Trinajstić information content (AvgIpc) is 3.41. The van der Waals surface area contributed by atoms with Crippen LogP contribution in [0.3, 0.4) is 0 Å². The maximum absolute atomic E-state index is 14.2. The maximum atomic E-state index is 14.2. The average molecular weight is 450 g/mol. The van der Waals surface area contributed by atoms with Crippen LogP contribution in [-0.4, -0.2) is 45.9 Å². The number of benzene rings is 1. The van der Waals surface area contributed by atoms with E-state index in [0.717, 1.165) is 41.5 Å². The minimum atomic E-state index is -3.79. The van der Waals surface area contributed by atoms with Crippen molar-refractivity contribution >= 4 is 21.5 Å². The van der Waals surface area contributed by atoms with Gasteiger partial charge in [0.1, 0.15) is 28.8 Å². The second kappa shape index (κ2) is 7.28. The molecule has 2 unspecified atom stereocenters. The molecular formula is C20H24FN5O4S. The molecule has 1 aromatic heterocycles. The third kappa shape index (κ3) is 3.40. The van der Waals surface area contributed by atoms with Crippen molar-refractivity contribution in [3.63, 3.8) is 0 Å². The fourth-order valence-corrected chi connectivity index (χ4v) is 5.64. The predicted octanol–water partition coefficient (Wildman–Crippen LogP) is 1.75. The summed E-state index contributed by atoms with van der Waals surface area (Å²) in [6.45, 7) is 0.449. The van der Waals surface area contributed by atoms with E-state index in [9.17, 15) is 13.4 Å². The summed E-state index contributed by atoms with van der Waals surface area (Å²) >= 11 is 0. The first kappa shape index (κ1) is 20.4. The van der Waals surface area contributed by atoms with Crippen LogP contribution >= 0.6 is 0 Å². The molecule has 0 spiro atoms. The van der Waals surface area contributed by atoms with Gasteiger partial charge in [0, 0.05) is 25.6 Å². The molecule has 9 nitrogen and oxygen atoms in total. The van der Waals surface area contributed by atoms with Crippen LogP contribution in [0.1, 0.15) is 39.2 Å². The Morgan fingerprint density at radius 2 is 2.19 bits per heavy atom. The third-order valence-corrected chi connectivity index (χ3v) is 7.18. The van der Waals surface area contributed by atoms with Gasteiger partial charge in [0.15, 0.2) is 10.6 Å². The Hall–Kier alpha value is -2.50. The van der Waals surface area contributed by atoms with Crippen LogP contribution in [0.5, 0.6) is 5.88 Å². The first-order chi connectivity index (χ1) is 14.8. The summed E-state index contributed by atoms with van der Waals surface area (Å²) in [5, 5.41) is 12.8. The smallest absolute Gasteiger partial charge is 0.277 e. The van der Waals surface area contributed by atoms with Crippen LogP contribution in [0.25, 0.3) is 0 Å². The largest absolute Gasteiger partial charge is 0.474 e. The van der Waals surface area contributed by atoms with Crippen molar-refractivity contribution in [1.29, 1.82) is 4.78 Å². The van der Waals surface area contributed by atoms with Crippen molar-refractivity contribution in [3.8, 4) is 5.88 Å². The number of fused-ring (bicyclic) bond motifs is 3. The van der Waals surface area contributed by atoms with Crippen molar-refractivity contribution in [2.75, 3.05) is 19.0 Å². The molecule has 0 saturated heterocycles. The van der Waals surface area contributed by atoms with E-state index in [0.29, 0.717) is 12.1 Å². The molecule has 11 heteroatoms. The van der Waals surface area contributed by atoms with E-state index in [1.54, 1.807) is 0 Å². The highest BCUT2D eigenvalue weighted by Crippen LogP contribution is 2.40. The minimum absolute atomic E-state index is 0.0493. The molecular weight excluding hydrogens is 425 g/mol. The highest BCUT2D eigenvalue weighted by Gasteiger charge is 2.35. The van der Waals surface area contributed by atoms with Crippen molar-refractivity contribution in [2.24, 2.45) is 5.14 Å². The number of hydrogen-bond donors (Lipinski definition) is 3. The Balaban J connectivity index is 1.57. The molecule has 0 fully saturated rings. The monoisotopic (exact) mass is 449 g/mol. The zero-order valence-corrected chi connectivity index (χ0v) is 17.9. The summed E-state index contributed by atoms with van der Waals surface area (Å²) in [5.41, 5.74) is 4.28. The van der Waals surface area contributed by atoms with Crippen LogP contribution in [0.4, 0.5) is 10.1 Å². The van der Waals surface area contributed by atoms with E-state index in [2.05, 4.69) is 16.5 Å². The van der Waals surface area contributed by atoms with E-state index < -0.39 is 22.0 Å². The second-order valence-corrected chi connectivity index (χ2v) is 9.88. The number of nitrogens with zero attached hydrogens (tertiary/aromatic N) is 2. The number of ether oxygens (including phenoxy) is 2. The quantitative estimate of drug-likeness (QED) is 0.654. The topological polar surface area (TPSA) is 132 Å². The molecule has 2 aliphatic carbocycles. The van der Waals surface area contributed by atoms with Crippen LogP contribution < -0.4 is 15.2 Å². The number of anilines is 1. The first-order valence-electron chi connectivity index (χ1n) is 10.2. The number of amides is 1. The molecule has 3 aliphatic rings. The summed E-state index contributed by atoms with van der Waals surface area (Å²) in [5.74, 6) is -0.585. The molecule has 1 amide bonds. The molecule has 1 aromatic carbocycles. The number of carbonyl (C=O) groups is 1. The number of nitrogens with one attached hydrogen (secondary N) is 2. The van der Waals surface area contributed by atoms with Gasteiger partial charge in [-0.25, -0.2) is 23.2 Å². The fraction of sp³-hybridized carbons (Fsp3) is 0.500. The Morgan fingerprint density at radius 3 is 2.94 bits per heavy atom. The van der Waals surface area contributed by atoms with E-state index in [1.165, 1.54) is 11.8 Å². The summed E-state index contributed by atoms with van der Waals surface area (Å²) in [6.07, 6.45) is 1.98. The lowest BCUT2D eigenvalue weighted by atomic mass is 9.98. The molecule has 0 radical (unpaired) electrons. The van der Waals surface area contributed by atoms with Gasteiger partial charge in [-0.05, 0) is 41.5 Å². The van der Waals surface area contributed by atoms with Crippen LogP contribution in [0, 0.1) is 4.78 Å².